The molecule has 0 radical (unpaired) electrons. The number of nitrogens with two attached hydrogens (primary N) is 2. The Hall–Kier alpha value is -2.09. The Balaban J connectivity index is 0.00000338. The Morgan fingerprint density at radius 2 is 1.96 bits per heavy atom. The highest BCUT2D eigenvalue weighted by Gasteiger charge is 2.18. The zero-order valence-corrected chi connectivity index (χ0v) is 17.2. The van der Waals surface area contributed by atoms with Crippen LogP contribution in [0.4, 0.5) is 11.5 Å². The highest BCUT2D eigenvalue weighted by molar-refractivity contribution is 5.95. The number of likely N-dealkylation sites (N-methyl/N-ethyl adjacent to an activating group) is 1. The number of halogens is 2. The Morgan fingerprint density at radius 3 is 2.59 bits per heavy atom. The van der Waals surface area contributed by atoms with Gasteiger partial charge in [-0.2, -0.15) is 0 Å². The molecule has 0 saturated heterocycles. The lowest BCUT2D eigenvalue weighted by Crippen LogP contribution is -2.37. The maximum Gasteiger partial charge on any atom is 0.271 e. The maximum atomic E-state index is 11.6. The van der Waals surface area contributed by atoms with Crippen molar-refractivity contribution in [2.24, 2.45) is 11.5 Å². The number of nitrogens with zero attached hydrogens (tertiary/aromatic N) is 3. The molecule has 5 N–H and O–H groups in total. The normalized spacial score (nSPS) is 10.9. The van der Waals surface area contributed by atoms with E-state index in [4.69, 9.17) is 11.5 Å². The molecule has 0 spiro atoms. The molecule has 27 heavy (non-hydrogen) atoms. The first-order valence-corrected chi connectivity index (χ1v) is 8.46. The number of aromatic nitrogens is 2. The summed E-state index contributed by atoms with van der Waals surface area (Å²) in [7, 11) is 0. The molecule has 1 aromatic carbocycles. The van der Waals surface area contributed by atoms with Crippen molar-refractivity contribution in [3.05, 3.63) is 47.9 Å². The number of amides is 1. The zero-order chi connectivity index (χ0) is 18.2. The molecule has 0 saturated carbocycles. The van der Waals surface area contributed by atoms with E-state index < -0.39 is 5.91 Å². The Kier molecular flexibility index (Phi) is 11.4. The van der Waals surface area contributed by atoms with Crippen LogP contribution in [-0.4, -0.2) is 41.6 Å². The minimum absolute atomic E-state index is 0. The van der Waals surface area contributed by atoms with Gasteiger partial charge in [0.05, 0.1) is 0 Å². The van der Waals surface area contributed by atoms with E-state index in [1.165, 1.54) is 11.8 Å². The molecular formula is C18H28Cl2N6O. The number of primary amides is 1. The van der Waals surface area contributed by atoms with Crippen molar-refractivity contribution in [2.75, 3.05) is 29.9 Å². The summed E-state index contributed by atoms with van der Waals surface area (Å²) < 4.78 is 0. The first kappa shape index (κ1) is 24.9. The summed E-state index contributed by atoms with van der Waals surface area (Å²) in [6.45, 7) is 6.08. The summed E-state index contributed by atoms with van der Waals surface area (Å²) in [4.78, 5) is 21.9. The van der Waals surface area contributed by atoms with Crippen molar-refractivity contribution >= 4 is 42.2 Å². The van der Waals surface area contributed by atoms with Crippen LogP contribution in [0.15, 0.2) is 36.7 Å². The van der Waals surface area contributed by atoms with E-state index in [1.54, 1.807) is 6.20 Å². The van der Waals surface area contributed by atoms with E-state index in [-0.39, 0.29) is 36.5 Å². The summed E-state index contributed by atoms with van der Waals surface area (Å²) in [6.07, 6.45) is 3.90. The number of benzene rings is 1. The largest absolute Gasteiger partial charge is 0.381 e. The van der Waals surface area contributed by atoms with Gasteiger partial charge in [0.15, 0.2) is 11.5 Å². The Labute approximate surface area is 172 Å². The second kappa shape index (κ2) is 12.3. The fraction of sp³-hybridized carbons (Fsp3) is 0.389. The van der Waals surface area contributed by atoms with Crippen molar-refractivity contribution < 1.29 is 4.79 Å². The Bertz CT molecular complexity index is 716. The van der Waals surface area contributed by atoms with Gasteiger partial charge < -0.3 is 21.7 Å². The predicted octanol–water partition coefficient (Wildman–Crippen LogP) is 2.25. The fourth-order valence-electron chi connectivity index (χ4n) is 2.75. The van der Waals surface area contributed by atoms with Crippen molar-refractivity contribution in [1.82, 2.24) is 9.97 Å². The van der Waals surface area contributed by atoms with Crippen LogP contribution in [0.2, 0.25) is 0 Å². The van der Waals surface area contributed by atoms with Crippen LogP contribution in [0, 0.1) is 0 Å². The Morgan fingerprint density at radius 1 is 1.26 bits per heavy atom. The van der Waals surface area contributed by atoms with E-state index in [0.717, 1.165) is 12.1 Å². The molecule has 1 unspecified atom stereocenters. The lowest BCUT2D eigenvalue weighted by molar-refractivity contribution is 0.0995. The third-order valence-electron chi connectivity index (χ3n) is 3.86. The van der Waals surface area contributed by atoms with Crippen LogP contribution < -0.4 is 21.7 Å². The molecule has 0 bridgehead atoms. The van der Waals surface area contributed by atoms with Gasteiger partial charge in [-0.25, -0.2) is 9.97 Å². The number of anilines is 2. The molecule has 0 aliphatic rings. The molecule has 1 aromatic heterocycles. The van der Waals surface area contributed by atoms with E-state index in [2.05, 4.69) is 34.3 Å². The molecule has 0 aliphatic carbocycles. The third kappa shape index (κ3) is 7.21. The smallest absolute Gasteiger partial charge is 0.271 e. The van der Waals surface area contributed by atoms with Crippen LogP contribution in [0.5, 0.6) is 0 Å². The quantitative estimate of drug-likeness (QED) is 0.580. The summed E-state index contributed by atoms with van der Waals surface area (Å²) in [5, 5.41) is 3.48. The van der Waals surface area contributed by atoms with Gasteiger partial charge in [0.25, 0.3) is 5.91 Å². The number of hydrogen-bond acceptors (Lipinski definition) is 6. The third-order valence-corrected chi connectivity index (χ3v) is 3.86. The second-order valence-electron chi connectivity index (χ2n) is 5.92. The average molecular weight is 415 g/mol. The van der Waals surface area contributed by atoms with E-state index in [1.807, 2.05) is 24.0 Å². The van der Waals surface area contributed by atoms with E-state index >= 15 is 0 Å². The molecule has 2 rings (SSSR count). The molecule has 150 valence electrons. The first-order valence-electron chi connectivity index (χ1n) is 8.46. The second-order valence-corrected chi connectivity index (χ2v) is 5.92. The van der Waals surface area contributed by atoms with Crippen molar-refractivity contribution in [3.63, 3.8) is 0 Å². The van der Waals surface area contributed by atoms with Gasteiger partial charge in [-0.05, 0) is 44.5 Å². The van der Waals surface area contributed by atoms with Crippen LogP contribution in [0.1, 0.15) is 29.9 Å². The van der Waals surface area contributed by atoms with Crippen molar-refractivity contribution in [3.8, 4) is 0 Å². The van der Waals surface area contributed by atoms with E-state index in [0.29, 0.717) is 25.5 Å². The van der Waals surface area contributed by atoms with Gasteiger partial charge in [0, 0.05) is 37.2 Å². The highest BCUT2D eigenvalue weighted by atomic mass is 35.5. The lowest BCUT2D eigenvalue weighted by Gasteiger charge is -2.27. The summed E-state index contributed by atoms with van der Waals surface area (Å²) >= 11 is 0. The molecule has 0 aliphatic heterocycles. The number of nitrogens with one attached hydrogen (secondary N) is 1. The molecule has 1 atom stereocenters. The average Bonchev–Trinajstić information content (AvgIpc) is 2.60. The summed E-state index contributed by atoms with van der Waals surface area (Å²) in [5.74, 6) is -0.0559. The molecule has 7 nitrogen and oxygen atoms in total. The fourth-order valence-corrected chi connectivity index (χ4v) is 2.75. The van der Waals surface area contributed by atoms with Crippen LogP contribution in [-0.2, 0) is 6.42 Å². The molecular weight excluding hydrogens is 387 g/mol. The number of rotatable bonds is 9. The highest BCUT2D eigenvalue weighted by Crippen LogP contribution is 2.17. The minimum Gasteiger partial charge on any atom is -0.381 e. The maximum absolute atomic E-state index is 11.6. The van der Waals surface area contributed by atoms with Gasteiger partial charge in [0.1, 0.15) is 0 Å². The zero-order valence-electron chi connectivity index (χ0n) is 15.6. The van der Waals surface area contributed by atoms with Gasteiger partial charge in [0.2, 0.25) is 0 Å². The molecule has 1 amide bonds. The molecule has 0 fully saturated rings. The van der Waals surface area contributed by atoms with Crippen LogP contribution >= 0.6 is 24.8 Å². The van der Waals surface area contributed by atoms with Crippen LogP contribution in [0.25, 0.3) is 0 Å². The predicted molar refractivity (Wildman–Crippen MR) is 115 cm³/mol. The van der Waals surface area contributed by atoms with Gasteiger partial charge in [-0.1, -0.05) is 12.1 Å². The lowest BCUT2D eigenvalue weighted by atomic mass is 10.1. The summed E-state index contributed by atoms with van der Waals surface area (Å²) in [5.41, 5.74) is 13.5. The standard InChI is InChI=1S/C18H26N6O.2ClH/c1-3-24(18-16(17(20)25)21-9-10-22-18)12-13(2)23-15-6-4-5-14(11-15)7-8-19;;/h4-6,9-11,13,23H,3,7-8,12,19H2,1-2H3,(H2,20,25);2*1H. The van der Waals surface area contributed by atoms with Gasteiger partial charge in [-0.3, -0.25) is 4.79 Å². The first-order chi connectivity index (χ1) is 12.0. The van der Waals surface area contributed by atoms with Crippen molar-refractivity contribution in [2.45, 2.75) is 26.3 Å². The molecule has 9 heteroatoms. The SMILES string of the molecule is CCN(CC(C)Nc1cccc(CCN)c1)c1nccnc1C(N)=O.Cl.Cl. The number of hydrogen-bond donors (Lipinski definition) is 3. The number of carbonyl (C=O) groups is 1. The summed E-state index contributed by atoms with van der Waals surface area (Å²) in [6, 6.07) is 8.36. The molecule has 2 aromatic rings. The van der Waals surface area contributed by atoms with Crippen molar-refractivity contribution in [1.29, 1.82) is 0 Å². The van der Waals surface area contributed by atoms with E-state index in [9.17, 15) is 4.79 Å². The minimum atomic E-state index is -0.573. The topological polar surface area (TPSA) is 110 Å². The van der Waals surface area contributed by atoms with Gasteiger partial charge >= 0.3 is 0 Å². The number of carbonyl (C=O) groups excluding carboxylic acids is 1. The van der Waals surface area contributed by atoms with Crippen LogP contribution in [0.3, 0.4) is 0 Å². The molecule has 1 heterocycles. The van der Waals surface area contributed by atoms with Gasteiger partial charge in [-0.15, -0.1) is 24.8 Å². The monoisotopic (exact) mass is 414 g/mol.